The average Bonchev–Trinajstić information content (AvgIpc) is 2.85. The predicted molar refractivity (Wildman–Crippen MR) is 153 cm³/mol. The summed E-state index contributed by atoms with van der Waals surface area (Å²) in [6.45, 7) is 14.3. The highest BCUT2D eigenvalue weighted by Crippen LogP contribution is 2.15. The van der Waals surface area contributed by atoms with Gasteiger partial charge in [0.25, 0.3) is 0 Å². The summed E-state index contributed by atoms with van der Waals surface area (Å²) in [5.41, 5.74) is 0. The highest BCUT2D eigenvalue weighted by Gasteiger charge is 2.07. The van der Waals surface area contributed by atoms with Gasteiger partial charge in [0.05, 0.1) is 6.61 Å². The second-order valence-corrected chi connectivity index (χ2v) is 8.52. The minimum absolute atomic E-state index is 0. The van der Waals surface area contributed by atoms with Crippen molar-refractivity contribution in [1.82, 2.24) is 11.5 Å². The van der Waals surface area contributed by atoms with Gasteiger partial charge in [-0.3, -0.25) is 0 Å². The Kier molecular flexibility index (Phi) is 37.2. The predicted octanol–water partition coefficient (Wildman–Crippen LogP) is 10.3. The first-order chi connectivity index (χ1) is 15.9. The van der Waals surface area contributed by atoms with E-state index in [9.17, 15) is 0 Å². The van der Waals surface area contributed by atoms with Crippen molar-refractivity contribution in [2.45, 2.75) is 157 Å². The summed E-state index contributed by atoms with van der Waals surface area (Å²) in [5.74, 6) is 1.06. The van der Waals surface area contributed by atoms with E-state index in [4.69, 9.17) is 4.74 Å². The number of nitrogens with one attached hydrogen (secondary N) is 1. The number of unbranched alkanes of at least 4 members (excludes halogenated alkanes) is 15. The molecule has 4 N–H and O–H groups in total. The van der Waals surface area contributed by atoms with Gasteiger partial charge in [-0.1, -0.05) is 144 Å². The van der Waals surface area contributed by atoms with Gasteiger partial charge in [-0.15, -0.1) is 0 Å². The minimum atomic E-state index is 0. The van der Waals surface area contributed by atoms with Crippen LogP contribution in [-0.4, -0.2) is 19.2 Å². The Labute approximate surface area is 210 Å². The molecule has 1 rings (SSSR count). The van der Waals surface area contributed by atoms with Crippen LogP contribution in [0.3, 0.4) is 0 Å². The Balaban J connectivity index is -0.00000170. The van der Waals surface area contributed by atoms with E-state index in [1.54, 1.807) is 0 Å². The van der Waals surface area contributed by atoms with Crippen LogP contribution in [0.4, 0.5) is 0 Å². The molecule has 0 spiro atoms. The van der Waals surface area contributed by atoms with Crippen LogP contribution in [0.25, 0.3) is 0 Å². The van der Waals surface area contributed by atoms with Crippen LogP contribution in [0.1, 0.15) is 151 Å². The van der Waals surface area contributed by atoms with E-state index in [2.05, 4.69) is 37.4 Å². The van der Waals surface area contributed by atoms with Crippen molar-refractivity contribution in [3.05, 3.63) is 24.0 Å². The van der Waals surface area contributed by atoms with Crippen molar-refractivity contribution in [2.24, 2.45) is 0 Å². The second-order valence-electron chi connectivity index (χ2n) is 8.52. The summed E-state index contributed by atoms with van der Waals surface area (Å²) >= 11 is 0. The first-order valence-corrected chi connectivity index (χ1v) is 14.6. The number of rotatable bonds is 20. The molecule has 1 aliphatic carbocycles. The number of ether oxygens (including phenoxy) is 1. The van der Waals surface area contributed by atoms with E-state index in [0.717, 1.165) is 25.3 Å². The quantitative estimate of drug-likeness (QED) is 0.175. The van der Waals surface area contributed by atoms with Gasteiger partial charge >= 0.3 is 0 Å². The van der Waals surface area contributed by atoms with Gasteiger partial charge in [-0.2, -0.15) is 0 Å². The van der Waals surface area contributed by atoms with Crippen LogP contribution in [-0.2, 0) is 4.74 Å². The number of allylic oxidation sites excluding steroid dienone is 1. The fraction of sp³-hybridized carbons (Fsp3) is 0.867. The summed E-state index contributed by atoms with van der Waals surface area (Å²) in [7, 11) is 0. The summed E-state index contributed by atoms with van der Waals surface area (Å²) in [4.78, 5) is 0. The summed E-state index contributed by atoms with van der Waals surface area (Å²) in [5, 5.41) is 3.44. The van der Waals surface area contributed by atoms with Crippen LogP contribution in [0.2, 0.25) is 0 Å². The van der Waals surface area contributed by atoms with Crippen molar-refractivity contribution in [1.29, 1.82) is 0 Å². The Hall–Kier alpha value is -0.800. The van der Waals surface area contributed by atoms with E-state index in [-0.39, 0.29) is 6.15 Å². The van der Waals surface area contributed by atoms with Crippen molar-refractivity contribution in [3.8, 4) is 0 Å². The van der Waals surface area contributed by atoms with Crippen LogP contribution in [0.15, 0.2) is 24.0 Å². The zero-order valence-corrected chi connectivity index (χ0v) is 23.9. The Morgan fingerprint density at radius 2 is 1.12 bits per heavy atom. The van der Waals surface area contributed by atoms with E-state index in [0.29, 0.717) is 6.04 Å². The second kappa shape index (κ2) is 33.4. The normalized spacial score (nSPS) is 14.2. The molecule has 3 nitrogen and oxygen atoms in total. The first kappa shape index (κ1) is 36.8. The van der Waals surface area contributed by atoms with Crippen LogP contribution >= 0.6 is 0 Å². The molecule has 0 bridgehead atoms. The molecule has 0 saturated heterocycles. The van der Waals surface area contributed by atoms with Gasteiger partial charge in [0, 0.05) is 6.04 Å². The van der Waals surface area contributed by atoms with E-state index in [1.807, 2.05) is 27.7 Å². The Morgan fingerprint density at radius 3 is 1.48 bits per heavy atom. The molecule has 0 aromatic carbocycles. The summed E-state index contributed by atoms with van der Waals surface area (Å²) in [6, 6.07) is 0.493. The lowest BCUT2D eigenvalue weighted by molar-refractivity contribution is 0.214. The van der Waals surface area contributed by atoms with Crippen molar-refractivity contribution >= 4 is 0 Å². The van der Waals surface area contributed by atoms with Gasteiger partial charge < -0.3 is 16.2 Å². The van der Waals surface area contributed by atoms with E-state index in [1.165, 1.54) is 103 Å². The molecule has 0 radical (unpaired) electrons. The number of likely N-dealkylation sites (N-methyl/N-ethyl adjacent to an activating group) is 1. The summed E-state index contributed by atoms with van der Waals surface area (Å²) < 4.78 is 5.88. The molecule has 0 saturated carbocycles. The summed E-state index contributed by atoms with van der Waals surface area (Å²) in [6.07, 6.45) is 30.3. The third kappa shape index (κ3) is 27.3. The average molecular weight is 469 g/mol. The molecule has 0 fully saturated rings. The lowest BCUT2D eigenvalue weighted by Crippen LogP contribution is -2.27. The molecule has 1 aliphatic rings. The van der Waals surface area contributed by atoms with Crippen LogP contribution < -0.4 is 11.5 Å². The van der Waals surface area contributed by atoms with Gasteiger partial charge in [0.15, 0.2) is 0 Å². The third-order valence-corrected chi connectivity index (χ3v) is 5.80. The lowest BCUT2D eigenvalue weighted by atomic mass is 10.0. The van der Waals surface area contributed by atoms with Crippen molar-refractivity contribution in [3.63, 3.8) is 0 Å². The molecule has 0 amide bonds. The number of hydrogen-bond acceptors (Lipinski definition) is 3. The maximum absolute atomic E-state index is 5.88. The van der Waals surface area contributed by atoms with Crippen LogP contribution in [0, 0.1) is 0 Å². The topological polar surface area (TPSA) is 56.3 Å². The molecule has 0 aliphatic heterocycles. The van der Waals surface area contributed by atoms with Crippen molar-refractivity contribution in [2.75, 3.05) is 13.2 Å². The first-order valence-electron chi connectivity index (χ1n) is 14.6. The fourth-order valence-electron chi connectivity index (χ4n) is 3.96. The smallest absolute Gasteiger partial charge is 0.115 e. The molecular weight excluding hydrogens is 404 g/mol. The molecule has 0 aromatic heterocycles. The molecule has 1 atom stereocenters. The van der Waals surface area contributed by atoms with E-state index >= 15 is 0 Å². The van der Waals surface area contributed by atoms with Crippen molar-refractivity contribution < 1.29 is 4.74 Å². The Morgan fingerprint density at radius 1 is 0.697 bits per heavy atom. The highest BCUT2D eigenvalue weighted by atomic mass is 16.5. The van der Waals surface area contributed by atoms with Gasteiger partial charge in [0.1, 0.15) is 5.76 Å². The molecule has 200 valence electrons. The SMILES string of the molecule is CC.CC.CCCCCCCCCCCCCCCCCCOC1=CCC(NCC)C=C1.N. The maximum Gasteiger partial charge on any atom is 0.115 e. The fourth-order valence-corrected chi connectivity index (χ4v) is 3.96. The largest absolute Gasteiger partial charge is 0.494 e. The third-order valence-electron chi connectivity index (χ3n) is 5.80. The van der Waals surface area contributed by atoms with Crippen LogP contribution in [0.5, 0.6) is 0 Å². The minimum Gasteiger partial charge on any atom is -0.494 e. The highest BCUT2D eigenvalue weighted by molar-refractivity contribution is 5.20. The lowest BCUT2D eigenvalue weighted by Gasteiger charge is -2.17. The van der Waals surface area contributed by atoms with Gasteiger partial charge in [-0.05, 0) is 31.5 Å². The van der Waals surface area contributed by atoms with E-state index < -0.39 is 0 Å². The molecule has 33 heavy (non-hydrogen) atoms. The van der Waals surface area contributed by atoms with Gasteiger partial charge in [-0.25, -0.2) is 0 Å². The molecule has 3 heteroatoms. The molecule has 0 heterocycles. The standard InChI is InChI=1S/C26H49NO.2C2H6.H3N/c1-3-5-6-7-8-9-10-11-12-13-14-15-16-17-18-19-24-28-26-22-20-25(21-23-26)27-4-2;2*1-2;/h20,22-23,25,27H,3-19,21,24H2,1-2H3;2*1-2H3;1H3. The zero-order valence-electron chi connectivity index (χ0n) is 23.9. The zero-order chi connectivity index (χ0) is 24.1. The molecule has 1 unspecified atom stereocenters. The monoisotopic (exact) mass is 469 g/mol. The maximum atomic E-state index is 5.88. The Bertz CT molecular complexity index is 393. The molecular formula is C30H64N2O. The molecule has 0 aromatic rings. The van der Waals surface area contributed by atoms with Gasteiger partial charge in [0.2, 0.25) is 0 Å². The number of hydrogen-bond donors (Lipinski definition) is 2.